The summed E-state index contributed by atoms with van der Waals surface area (Å²) in [6.45, 7) is 0. The Morgan fingerprint density at radius 3 is 2.62 bits per heavy atom. The van der Waals surface area contributed by atoms with Gasteiger partial charge in [-0.05, 0) is 24.3 Å². The predicted molar refractivity (Wildman–Crippen MR) is 91.6 cm³/mol. The highest BCUT2D eigenvalue weighted by Gasteiger charge is 2.09. The van der Waals surface area contributed by atoms with E-state index in [2.05, 4.69) is 11.1 Å². The minimum Gasteiger partial charge on any atom is -0.288 e. The van der Waals surface area contributed by atoms with Crippen LogP contribution >= 0.6 is 34.4 Å². The van der Waals surface area contributed by atoms with Gasteiger partial charge in [0, 0.05) is 0 Å². The van der Waals surface area contributed by atoms with Gasteiger partial charge >= 0.3 is 4.87 Å². The summed E-state index contributed by atoms with van der Waals surface area (Å²) in [5.74, 6) is 0.600. The van der Waals surface area contributed by atoms with Crippen LogP contribution in [0.15, 0.2) is 57.7 Å². The zero-order valence-corrected chi connectivity index (χ0v) is 13.3. The summed E-state index contributed by atoms with van der Waals surface area (Å²) in [5, 5.41) is 0. The maximum Gasteiger partial charge on any atom is 0.308 e. The van der Waals surface area contributed by atoms with Crippen molar-refractivity contribution in [3.05, 3.63) is 58.2 Å². The molecule has 4 rings (SSSR count). The van der Waals surface area contributed by atoms with E-state index in [4.69, 9.17) is 0 Å². The Balaban J connectivity index is 1.66. The highest BCUT2D eigenvalue weighted by Crippen LogP contribution is 2.30. The Bertz CT molecular complexity index is 950. The molecule has 104 valence electrons. The molecule has 21 heavy (non-hydrogen) atoms. The summed E-state index contributed by atoms with van der Waals surface area (Å²) in [5.41, 5.74) is 2.02. The first kappa shape index (κ1) is 13.1. The third-order valence-corrected chi connectivity index (χ3v) is 6.29. The van der Waals surface area contributed by atoms with E-state index >= 15 is 0 Å². The molecule has 0 aliphatic rings. The number of benzene rings is 2. The standard InChI is InChI=1S/C15H10N2OS3/c18-15-17(11-6-2-4-8-13(11)21-15)9-19-14-16-10-5-1-3-7-12(10)20-14/h1-8H,9H2. The van der Waals surface area contributed by atoms with Gasteiger partial charge in [0.25, 0.3) is 0 Å². The van der Waals surface area contributed by atoms with Crippen LogP contribution in [0.25, 0.3) is 20.4 Å². The zero-order chi connectivity index (χ0) is 14.2. The summed E-state index contributed by atoms with van der Waals surface area (Å²) < 4.78 is 5.03. The molecule has 0 spiro atoms. The molecule has 0 bridgehead atoms. The largest absolute Gasteiger partial charge is 0.308 e. The summed E-state index contributed by atoms with van der Waals surface area (Å²) in [6, 6.07) is 16.0. The number of aromatic nitrogens is 2. The number of hydrogen-bond acceptors (Lipinski definition) is 5. The molecule has 0 atom stereocenters. The first-order valence-corrected chi connectivity index (χ1v) is 9.00. The maximum atomic E-state index is 12.1. The van der Waals surface area contributed by atoms with E-state index in [0.29, 0.717) is 5.88 Å². The Labute approximate surface area is 132 Å². The van der Waals surface area contributed by atoms with E-state index in [0.717, 1.165) is 20.1 Å². The van der Waals surface area contributed by atoms with Gasteiger partial charge in [0.15, 0.2) is 4.34 Å². The minimum absolute atomic E-state index is 0.0878. The Morgan fingerprint density at radius 1 is 1.00 bits per heavy atom. The molecule has 0 saturated heterocycles. The SMILES string of the molecule is O=c1sc2ccccc2n1CSc1nc2ccccc2s1. The van der Waals surface area contributed by atoms with Gasteiger partial charge in [-0.25, -0.2) is 4.98 Å². The van der Waals surface area contributed by atoms with Crippen LogP contribution in [0, 0.1) is 0 Å². The fourth-order valence-corrected chi connectivity index (χ4v) is 5.16. The average Bonchev–Trinajstić information content (AvgIpc) is 3.04. The van der Waals surface area contributed by atoms with Gasteiger partial charge < -0.3 is 0 Å². The van der Waals surface area contributed by atoms with E-state index in [1.165, 1.54) is 16.0 Å². The number of hydrogen-bond donors (Lipinski definition) is 0. The second kappa shape index (κ2) is 5.29. The molecule has 0 amide bonds. The van der Waals surface area contributed by atoms with Crippen molar-refractivity contribution in [1.29, 1.82) is 0 Å². The monoisotopic (exact) mass is 330 g/mol. The van der Waals surface area contributed by atoms with Crippen LogP contribution in [0.3, 0.4) is 0 Å². The van der Waals surface area contributed by atoms with Crippen LogP contribution in [-0.2, 0) is 5.88 Å². The molecule has 0 aliphatic heterocycles. The van der Waals surface area contributed by atoms with Gasteiger partial charge in [0.05, 0.1) is 26.3 Å². The molecule has 6 heteroatoms. The lowest BCUT2D eigenvalue weighted by Gasteiger charge is -2.00. The molecule has 0 N–H and O–H groups in total. The number of para-hydroxylation sites is 2. The van der Waals surface area contributed by atoms with Crippen molar-refractivity contribution in [2.45, 2.75) is 10.2 Å². The first-order valence-electron chi connectivity index (χ1n) is 6.38. The van der Waals surface area contributed by atoms with Gasteiger partial charge in [0.2, 0.25) is 0 Å². The highest BCUT2D eigenvalue weighted by atomic mass is 32.2. The number of nitrogens with zero attached hydrogens (tertiary/aromatic N) is 2. The highest BCUT2D eigenvalue weighted by molar-refractivity contribution is 8.00. The molecular formula is C15H10N2OS3. The molecular weight excluding hydrogens is 320 g/mol. The van der Waals surface area contributed by atoms with Crippen molar-refractivity contribution < 1.29 is 0 Å². The van der Waals surface area contributed by atoms with Gasteiger partial charge in [-0.3, -0.25) is 9.36 Å². The van der Waals surface area contributed by atoms with Crippen LogP contribution in [0.2, 0.25) is 0 Å². The van der Waals surface area contributed by atoms with Gasteiger partial charge in [-0.2, -0.15) is 0 Å². The molecule has 0 saturated carbocycles. The molecule has 0 radical (unpaired) electrons. The Kier molecular flexibility index (Phi) is 3.29. The number of thioether (sulfide) groups is 1. The lowest BCUT2D eigenvalue weighted by Crippen LogP contribution is -2.10. The summed E-state index contributed by atoms with van der Waals surface area (Å²) in [7, 11) is 0. The van der Waals surface area contributed by atoms with E-state index < -0.39 is 0 Å². The van der Waals surface area contributed by atoms with Crippen molar-refractivity contribution in [3.63, 3.8) is 0 Å². The molecule has 0 aliphatic carbocycles. The van der Waals surface area contributed by atoms with Crippen molar-refractivity contribution >= 4 is 54.9 Å². The normalized spacial score (nSPS) is 11.4. The van der Waals surface area contributed by atoms with Crippen molar-refractivity contribution in [3.8, 4) is 0 Å². The topological polar surface area (TPSA) is 34.9 Å². The van der Waals surface area contributed by atoms with E-state index in [1.54, 1.807) is 23.1 Å². The maximum absolute atomic E-state index is 12.1. The van der Waals surface area contributed by atoms with Crippen LogP contribution in [0.1, 0.15) is 0 Å². The molecule has 2 heterocycles. The quantitative estimate of drug-likeness (QED) is 0.522. The molecule has 0 fully saturated rings. The molecule has 2 aromatic carbocycles. The fraction of sp³-hybridized carbons (Fsp3) is 0.0667. The summed E-state index contributed by atoms with van der Waals surface area (Å²) in [4.78, 5) is 16.8. The lowest BCUT2D eigenvalue weighted by atomic mass is 10.3. The van der Waals surface area contributed by atoms with Crippen molar-refractivity contribution in [1.82, 2.24) is 9.55 Å². The van der Waals surface area contributed by atoms with Crippen molar-refractivity contribution in [2.24, 2.45) is 0 Å². The van der Waals surface area contributed by atoms with Crippen LogP contribution < -0.4 is 4.87 Å². The number of fused-ring (bicyclic) bond motifs is 2. The molecule has 4 aromatic rings. The summed E-state index contributed by atoms with van der Waals surface area (Å²) in [6.07, 6.45) is 0. The minimum atomic E-state index is 0.0878. The van der Waals surface area contributed by atoms with Crippen LogP contribution in [0.4, 0.5) is 0 Å². The van der Waals surface area contributed by atoms with Crippen LogP contribution in [-0.4, -0.2) is 9.55 Å². The van der Waals surface area contributed by atoms with Gasteiger partial charge in [0.1, 0.15) is 0 Å². The van der Waals surface area contributed by atoms with E-state index in [9.17, 15) is 4.79 Å². The first-order chi connectivity index (χ1) is 10.3. The van der Waals surface area contributed by atoms with Crippen LogP contribution in [0.5, 0.6) is 0 Å². The van der Waals surface area contributed by atoms with E-state index in [1.807, 2.05) is 47.0 Å². The average molecular weight is 330 g/mol. The fourth-order valence-electron chi connectivity index (χ4n) is 2.17. The molecule has 3 nitrogen and oxygen atoms in total. The third-order valence-electron chi connectivity index (χ3n) is 3.17. The van der Waals surface area contributed by atoms with Crippen molar-refractivity contribution in [2.75, 3.05) is 0 Å². The predicted octanol–water partition coefficient (Wildman–Crippen LogP) is 4.42. The Morgan fingerprint density at radius 2 is 1.76 bits per heavy atom. The molecule has 0 unspecified atom stereocenters. The lowest BCUT2D eigenvalue weighted by molar-refractivity contribution is 0.912. The second-order valence-electron chi connectivity index (χ2n) is 4.48. The summed E-state index contributed by atoms with van der Waals surface area (Å²) >= 11 is 4.58. The van der Waals surface area contributed by atoms with Gasteiger partial charge in [-0.1, -0.05) is 47.4 Å². The second-order valence-corrected chi connectivity index (χ2v) is 7.70. The smallest absolute Gasteiger partial charge is 0.288 e. The van der Waals surface area contributed by atoms with Gasteiger partial charge in [-0.15, -0.1) is 11.3 Å². The molecule has 2 aromatic heterocycles. The zero-order valence-electron chi connectivity index (χ0n) is 10.9. The Hall–Kier alpha value is -1.63. The van der Waals surface area contributed by atoms with E-state index in [-0.39, 0.29) is 4.87 Å². The number of thiazole rings is 2. The number of rotatable bonds is 3. The third kappa shape index (κ3) is 2.39.